The molecule has 1 saturated carbocycles. The Morgan fingerprint density at radius 2 is 2.04 bits per heavy atom. The van der Waals surface area contributed by atoms with Crippen LogP contribution < -0.4 is 5.32 Å². The van der Waals surface area contributed by atoms with Crippen molar-refractivity contribution in [1.82, 2.24) is 9.88 Å². The van der Waals surface area contributed by atoms with Gasteiger partial charge in [0.1, 0.15) is 5.60 Å². The SMILES string of the molecule is CC(C)(C)OC(=O)N1CCC2(CC1)CC2C(=O)Nc1cccnc1. The molecule has 1 aliphatic carbocycles. The summed E-state index contributed by atoms with van der Waals surface area (Å²) in [5, 5.41) is 2.93. The number of pyridine rings is 1. The van der Waals surface area contributed by atoms with Gasteiger partial charge in [-0.3, -0.25) is 9.78 Å². The van der Waals surface area contributed by atoms with Gasteiger partial charge >= 0.3 is 6.09 Å². The predicted molar refractivity (Wildman–Crippen MR) is 90.4 cm³/mol. The lowest BCUT2D eigenvalue weighted by Gasteiger charge is -2.34. The molecule has 2 aliphatic rings. The highest BCUT2D eigenvalue weighted by molar-refractivity contribution is 5.95. The van der Waals surface area contributed by atoms with Gasteiger partial charge < -0.3 is 15.0 Å². The number of anilines is 1. The molecule has 1 spiro atoms. The van der Waals surface area contributed by atoms with E-state index >= 15 is 0 Å². The molecule has 24 heavy (non-hydrogen) atoms. The van der Waals surface area contributed by atoms with Crippen molar-refractivity contribution in [3.05, 3.63) is 24.5 Å². The summed E-state index contributed by atoms with van der Waals surface area (Å²) in [4.78, 5) is 30.3. The molecule has 1 aliphatic heterocycles. The number of nitrogens with one attached hydrogen (secondary N) is 1. The third-order valence-electron chi connectivity index (χ3n) is 4.85. The van der Waals surface area contributed by atoms with Crippen LogP contribution in [0.2, 0.25) is 0 Å². The molecule has 0 radical (unpaired) electrons. The maximum Gasteiger partial charge on any atom is 0.410 e. The fraction of sp³-hybridized carbons (Fsp3) is 0.611. The quantitative estimate of drug-likeness (QED) is 0.904. The standard InChI is InChI=1S/C18H25N3O3/c1-17(2,3)24-16(23)21-9-6-18(7-10-21)11-14(18)15(22)20-13-5-4-8-19-12-13/h4-5,8,12,14H,6-7,9-11H2,1-3H3,(H,20,22). The third kappa shape index (κ3) is 3.68. The summed E-state index contributed by atoms with van der Waals surface area (Å²) in [5.41, 5.74) is 0.318. The van der Waals surface area contributed by atoms with Crippen molar-refractivity contribution in [2.75, 3.05) is 18.4 Å². The Kier molecular flexibility index (Phi) is 4.24. The minimum absolute atomic E-state index is 0.0403. The van der Waals surface area contributed by atoms with Crippen molar-refractivity contribution in [3.63, 3.8) is 0 Å². The molecule has 1 atom stereocenters. The number of nitrogens with zero attached hydrogens (tertiary/aromatic N) is 2. The largest absolute Gasteiger partial charge is 0.444 e. The molecule has 2 fully saturated rings. The summed E-state index contributed by atoms with van der Waals surface area (Å²) < 4.78 is 5.42. The molecule has 2 heterocycles. The zero-order chi connectivity index (χ0) is 17.4. The van der Waals surface area contributed by atoms with Crippen LogP contribution in [0.3, 0.4) is 0 Å². The van der Waals surface area contributed by atoms with E-state index in [1.165, 1.54) is 0 Å². The van der Waals surface area contributed by atoms with Crippen LogP contribution in [0.1, 0.15) is 40.0 Å². The number of likely N-dealkylation sites (tertiary alicyclic amines) is 1. The van der Waals surface area contributed by atoms with Crippen LogP contribution in [0.4, 0.5) is 10.5 Å². The summed E-state index contributed by atoms with van der Waals surface area (Å²) in [6, 6.07) is 3.64. The first kappa shape index (κ1) is 16.7. The van der Waals surface area contributed by atoms with E-state index in [9.17, 15) is 9.59 Å². The van der Waals surface area contributed by atoms with Crippen molar-refractivity contribution in [2.45, 2.75) is 45.6 Å². The maximum atomic E-state index is 12.4. The highest BCUT2D eigenvalue weighted by atomic mass is 16.6. The zero-order valence-electron chi connectivity index (χ0n) is 14.5. The fourth-order valence-electron chi connectivity index (χ4n) is 3.40. The molecule has 1 N–H and O–H groups in total. The third-order valence-corrected chi connectivity index (χ3v) is 4.85. The van der Waals surface area contributed by atoms with E-state index in [4.69, 9.17) is 4.74 Å². The maximum absolute atomic E-state index is 12.4. The fourth-order valence-corrected chi connectivity index (χ4v) is 3.40. The Bertz CT molecular complexity index is 616. The summed E-state index contributed by atoms with van der Waals surface area (Å²) in [7, 11) is 0. The van der Waals surface area contributed by atoms with Crippen molar-refractivity contribution < 1.29 is 14.3 Å². The molecule has 1 aromatic heterocycles. The molecule has 1 unspecified atom stereocenters. The van der Waals surface area contributed by atoms with E-state index in [1.54, 1.807) is 23.4 Å². The molecular weight excluding hydrogens is 306 g/mol. The number of amides is 2. The van der Waals surface area contributed by atoms with Crippen LogP contribution in [0.5, 0.6) is 0 Å². The average Bonchev–Trinajstić information content (AvgIpc) is 3.21. The second kappa shape index (κ2) is 6.07. The van der Waals surface area contributed by atoms with Crippen molar-refractivity contribution in [1.29, 1.82) is 0 Å². The molecule has 3 rings (SSSR count). The van der Waals surface area contributed by atoms with Crippen LogP contribution >= 0.6 is 0 Å². The lowest BCUT2D eigenvalue weighted by molar-refractivity contribution is -0.118. The normalized spacial score (nSPS) is 22.1. The van der Waals surface area contributed by atoms with Gasteiger partial charge in [0.05, 0.1) is 11.9 Å². The smallest absolute Gasteiger partial charge is 0.410 e. The Labute approximate surface area is 142 Å². The zero-order valence-corrected chi connectivity index (χ0v) is 14.5. The summed E-state index contributed by atoms with van der Waals surface area (Å²) >= 11 is 0. The number of piperidine rings is 1. The minimum atomic E-state index is -0.474. The Morgan fingerprint density at radius 3 is 2.62 bits per heavy atom. The minimum Gasteiger partial charge on any atom is -0.444 e. The number of hydrogen-bond acceptors (Lipinski definition) is 4. The van der Waals surface area contributed by atoms with Crippen LogP contribution in [0.25, 0.3) is 0 Å². The second-order valence-corrected chi connectivity index (χ2v) is 7.82. The number of hydrogen-bond donors (Lipinski definition) is 1. The van der Waals surface area contributed by atoms with Gasteiger partial charge in [-0.15, -0.1) is 0 Å². The Morgan fingerprint density at radius 1 is 1.33 bits per heavy atom. The van der Waals surface area contributed by atoms with Crippen molar-refractivity contribution >= 4 is 17.7 Å². The van der Waals surface area contributed by atoms with E-state index in [2.05, 4.69) is 10.3 Å². The van der Waals surface area contributed by atoms with Crippen LogP contribution in [-0.2, 0) is 9.53 Å². The summed E-state index contributed by atoms with van der Waals surface area (Å²) in [6.45, 7) is 6.93. The summed E-state index contributed by atoms with van der Waals surface area (Å²) in [5.74, 6) is 0.104. The molecule has 0 bridgehead atoms. The average molecular weight is 331 g/mol. The van der Waals surface area contributed by atoms with Gasteiger partial charge in [-0.1, -0.05) is 0 Å². The van der Waals surface area contributed by atoms with Crippen molar-refractivity contribution in [3.8, 4) is 0 Å². The second-order valence-electron chi connectivity index (χ2n) is 7.82. The lowest BCUT2D eigenvalue weighted by atomic mass is 9.91. The monoisotopic (exact) mass is 331 g/mol. The van der Waals surface area contributed by atoms with E-state index in [0.717, 1.165) is 24.9 Å². The molecule has 6 heteroatoms. The van der Waals surface area contributed by atoms with Crippen LogP contribution in [0, 0.1) is 11.3 Å². The van der Waals surface area contributed by atoms with Crippen LogP contribution in [0.15, 0.2) is 24.5 Å². The molecule has 2 amide bonds. The number of rotatable bonds is 2. The van der Waals surface area contributed by atoms with Crippen LogP contribution in [-0.4, -0.2) is 40.6 Å². The first-order valence-corrected chi connectivity index (χ1v) is 8.48. The highest BCUT2D eigenvalue weighted by Crippen LogP contribution is 2.59. The van der Waals surface area contributed by atoms with E-state index in [-0.39, 0.29) is 23.3 Å². The van der Waals surface area contributed by atoms with Gasteiger partial charge in [0.25, 0.3) is 0 Å². The van der Waals surface area contributed by atoms with Gasteiger partial charge in [-0.05, 0) is 57.6 Å². The van der Waals surface area contributed by atoms with Crippen molar-refractivity contribution in [2.24, 2.45) is 11.3 Å². The molecule has 1 aromatic rings. The van der Waals surface area contributed by atoms with E-state index in [0.29, 0.717) is 13.1 Å². The summed E-state index contributed by atoms with van der Waals surface area (Å²) in [6.07, 6.45) is 5.70. The van der Waals surface area contributed by atoms with Gasteiger partial charge in [0.15, 0.2) is 0 Å². The number of carbonyl (C=O) groups excluding carboxylic acids is 2. The van der Waals surface area contributed by atoms with Gasteiger partial charge in [-0.2, -0.15) is 0 Å². The molecule has 130 valence electrons. The Balaban J connectivity index is 1.50. The van der Waals surface area contributed by atoms with E-state index < -0.39 is 5.60 Å². The molecule has 0 aromatic carbocycles. The number of aromatic nitrogens is 1. The predicted octanol–water partition coefficient (Wildman–Crippen LogP) is 3.06. The number of carbonyl (C=O) groups is 2. The highest BCUT2D eigenvalue weighted by Gasteiger charge is 2.58. The first-order valence-electron chi connectivity index (χ1n) is 8.48. The topological polar surface area (TPSA) is 71.5 Å². The molecule has 6 nitrogen and oxygen atoms in total. The first-order chi connectivity index (χ1) is 11.3. The van der Waals surface area contributed by atoms with E-state index in [1.807, 2.05) is 26.8 Å². The van der Waals surface area contributed by atoms with Gasteiger partial charge in [0.2, 0.25) is 5.91 Å². The Hall–Kier alpha value is -2.11. The number of ether oxygens (including phenoxy) is 1. The van der Waals surface area contributed by atoms with Gasteiger partial charge in [0, 0.05) is 25.2 Å². The van der Waals surface area contributed by atoms with Gasteiger partial charge in [-0.25, -0.2) is 4.79 Å². The molecule has 1 saturated heterocycles. The molecular formula is C18H25N3O3. The lowest BCUT2D eigenvalue weighted by Crippen LogP contribution is -2.42.